The van der Waals surface area contributed by atoms with Crippen LogP contribution in [-0.2, 0) is 9.53 Å². The second-order valence-electron chi connectivity index (χ2n) is 8.70. The molecule has 2 heterocycles. The zero-order chi connectivity index (χ0) is 22.2. The lowest BCUT2D eigenvalue weighted by Crippen LogP contribution is -2.71. The van der Waals surface area contributed by atoms with Gasteiger partial charge < -0.3 is 9.47 Å². The van der Waals surface area contributed by atoms with Crippen LogP contribution in [0.15, 0.2) is 54.6 Å². The summed E-state index contributed by atoms with van der Waals surface area (Å²) in [7, 11) is -0.133. The topological polar surface area (TPSA) is 59.1 Å². The number of para-hydroxylation sites is 2. The van der Waals surface area contributed by atoms with Crippen molar-refractivity contribution in [2.45, 2.75) is 37.8 Å². The molecule has 2 amide bonds. The summed E-state index contributed by atoms with van der Waals surface area (Å²) in [6, 6.07) is 15.5. The first-order valence-electron chi connectivity index (χ1n) is 10.3. The van der Waals surface area contributed by atoms with Gasteiger partial charge >= 0.3 is 6.09 Å². The minimum Gasteiger partial charge on any atom is -0.495 e. The number of carbonyl (C=O) groups is 2. The van der Waals surface area contributed by atoms with Crippen molar-refractivity contribution < 1.29 is 19.1 Å². The van der Waals surface area contributed by atoms with Crippen molar-refractivity contribution in [3.05, 3.63) is 60.2 Å². The third-order valence-electron chi connectivity index (χ3n) is 5.40. The molecule has 0 saturated carbocycles. The van der Waals surface area contributed by atoms with Crippen molar-refractivity contribution in [1.29, 1.82) is 0 Å². The Morgan fingerprint density at radius 3 is 2.39 bits per heavy atom. The Hall–Kier alpha value is -3.24. The zero-order valence-electron chi connectivity index (χ0n) is 18.2. The average molecular weight is 435 g/mol. The van der Waals surface area contributed by atoms with Crippen molar-refractivity contribution in [3.8, 4) is 17.2 Å². The number of hydrogen-bond acceptors (Lipinski definition) is 4. The largest absolute Gasteiger partial charge is 0.495 e. The summed E-state index contributed by atoms with van der Waals surface area (Å²) in [5, 5.41) is 0. The van der Waals surface area contributed by atoms with E-state index < -0.39 is 26.3 Å². The summed E-state index contributed by atoms with van der Waals surface area (Å²) in [6.45, 7) is 6.68. The molecule has 2 fully saturated rings. The summed E-state index contributed by atoms with van der Waals surface area (Å²) in [5.41, 5.74) is 4.98. The SMILES string of the molecule is COc1ccccc1N1C(=O)C(N2C(=O)OC[C@@H]2c2ccccc2)C1C#C[Si](C)(C)C. The molecular formula is C24H26N2O4Si. The minimum absolute atomic E-state index is 0.181. The standard InChI is InChI=1S/C24H26N2O4Si/c1-29-21-13-9-8-12-18(21)25-19(14-15-31(2,3)4)22(23(25)27)26-20(16-30-24(26)28)17-10-6-5-7-11-17/h5-13,19-20,22H,16H2,1-4H3/t19?,20-,22?/m1/s1. The van der Waals surface area contributed by atoms with Gasteiger partial charge in [-0.1, -0.05) is 68.0 Å². The third kappa shape index (κ3) is 3.91. The number of amides is 2. The summed E-state index contributed by atoms with van der Waals surface area (Å²) >= 11 is 0. The second kappa shape index (κ2) is 8.12. The lowest BCUT2D eigenvalue weighted by atomic mass is 9.91. The van der Waals surface area contributed by atoms with Gasteiger partial charge in [-0.15, -0.1) is 5.54 Å². The fraction of sp³-hybridized carbons (Fsp3) is 0.333. The predicted octanol–water partition coefficient (Wildman–Crippen LogP) is 3.85. The highest BCUT2D eigenvalue weighted by Crippen LogP contribution is 2.41. The van der Waals surface area contributed by atoms with E-state index in [2.05, 4.69) is 31.1 Å². The Bertz CT molecular complexity index is 1050. The van der Waals surface area contributed by atoms with Crippen LogP contribution >= 0.6 is 0 Å². The van der Waals surface area contributed by atoms with Gasteiger partial charge in [-0.05, 0) is 17.7 Å². The van der Waals surface area contributed by atoms with Crippen LogP contribution in [-0.4, -0.2) is 50.8 Å². The zero-order valence-corrected chi connectivity index (χ0v) is 19.2. The number of rotatable bonds is 4. The van der Waals surface area contributed by atoms with E-state index in [9.17, 15) is 9.59 Å². The number of methoxy groups -OCH3 is 1. The fourth-order valence-corrected chi connectivity index (χ4v) is 4.53. The lowest BCUT2D eigenvalue weighted by Gasteiger charge is -2.48. The molecule has 3 atom stereocenters. The normalized spacial score (nSPS) is 23.0. The summed E-state index contributed by atoms with van der Waals surface area (Å²) in [5.74, 6) is 3.73. The number of hydrogen-bond donors (Lipinski definition) is 0. The molecule has 2 aliphatic rings. The van der Waals surface area contributed by atoms with E-state index in [0.29, 0.717) is 11.4 Å². The first-order chi connectivity index (χ1) is 14.8. The monoisotopic (exact) mass is 434 g/mol. The molecule has 0 spiro atoms. The Morgan fingerprint density at radius 1 is 1.03 bits per heavy atom. The third-order valence-corrected chi connectivity index (χ3v) is 6.30. The van der Waals surface area contributed by atoms with Gasteiger partial charge in [-0.25, -0.2) is 4.79 Å². The van der Waals surface area contributed by atoms with Crippen molar-refractivity contribution in [3.63, 3.8) is 0 Å². The van der Waals surface area contributed by atoms with E-state index in [1.807, 2.05) is 54.6 Å². The number of benzene rings is 2. The molecule has 0 bridgehead atoms. The molecule has 2 unspecified atom stereocenters. The number of carbonyl (C=O) groups excluding carboxylic acids is 2. The second-order valence-corrected chi connectivity index (χ2v) is 13.4. The first-order valence-corrected chi connectivity index (χ1v) is 13.8. The van der Waals surface area contributed by atoms with Crippen LogP contribution in [0.1, 0.15) is 11.6 Å². The highest BCUT2D eigenvalue weighted by molar-refractivity contribution is 6.83. The van der Waals surface area contributed by atoms with Gasteiger partial charge in [0.2, 0.25) is 0 Å². The Morgan fingerprint density at radius 2 is 1.71 bits per heavy atom. The van der Waals surface area contributed by atoms with Crippen LogP contribution in [0.3, 0.4) is 0 Å². The van der Waals surface area contributed by atoms with Crippen molar-refractivity contribution in [2.24, 2.45) is 0 Å². The Balaban J connectivity index is 1.74. The van der Waals surface area contributed by atoms with Crippen LogP contribution in [0.5, 0.6) is 5.75 Å². The summed E-state index contributed by atoms with van der Waals surface area (Å²) in [6.07, 6.45) is -0.480. The molecule has 0 N–H and O–H groups in total. The van der Waals surface area contributed by atoms with Crippen LogP contribution in [0, 0.1) is 11.5 Å². The van der Waals surface area contributed by atoms with Crippen LogP contribution in [0.2, 0.25) is 19.6 Å². The van der Waals surface area contributed by atoms with Crippen molar-refractivity contribution in [1.82, 2.24) is 4.90 Å². The number of cyclic esters (lactones) is 1. The number of nitrogens with zero attached hydrogens (tertiary/aromatic N) is 2. The molecule has 160 valence electrons. The highest BCUT2D eigenvalue weighted by Gasteiger charge is 2.56. The number of anilines is 1. The fourth-order valence-electron chi connectivity index (χ4n) is 3.95. The maximum atomic E-state index is 13.4. The minimum atomic E-state index is -1.71. The highest BCUT2D eigenvalue weighted by atomic mass is 28.3. The molecule has 2 aromatic rings. The summed E-state index contributed by atoms with van der Waals surface area (Å²) in [4.78, 5) is 29.4. The van der Waals surface area contributed by atoms with Gasteiger partial charge in [0.25, 0.3) is 5.91 Å². The molecule has 0 aliphatic carbocycles. The first kappa shape index (κ1) is 21.0. The average Bonchev–Trinajstić information content (AvgIpc) is 3.12. The molecule has 0 radical (unpaired) electrons. The molecule has 6 nitrogen and oxygen atoms in total. The van der Waals surface area contributed by atoms with E-state index in [0.717, 1.165) is 5.56 Å². The smallest absolute Gasteiger partial charge is 0.411 e. The Kier molecular flexibility index (Phi) is 5.50. The van der Waals surface area contributed by atoms with Crippen LogP contribution in [0.25, 0.3) is 0 Å². The molecule has 0 aromatic heterocycles. The maximum Gasteiger partial charge on any atom is 0.411 e. The molecule has 2 aromatic carbocycles. The lowest BCUT2D eigenvalue weighted by molar-refractivity contribution is -0.130. The molecule has 4 rings (SSSR count). The van der Waals surface area contributed by atoms with Crippen LogP contribution in [0.4, 0.5) is 10.5 Å². The van der Waals surface area contributed by atoms with Gasteiger partial charge in [0.05, 0.1) is 18.8 Å². The molecule has 2 aliphatic heterocycles. The van der Waals surface area contributed by atoms with Crippen LogP contribution < -0.4 is 9.64 Å². The van der Waals surface area contributed by atoms with E-state index in [-0.39, 0.29) is 18.6 Å². The van der Waals surface area contributed by atoms with E-state index in [1.165, 1.54) is 0 Å². The van der Waals surface area contributed by atoms with Gasteiger partial charge in [-0.2, -0.15) is 0 Å². The number of ether oxygens (including phenoxy) is 2. The molecule has 31 heavy (non-hydrogen) atoms. The van der Waals surface area contributed by atoms with Gasteiger partial charge in [0.15, 0.2) is 0 Å². The van der Waals surface area contributed by atoms with Gasteiger partial charge in [-0.3, -0.25) is 14.6 Å². The van der Waals surface area contributed by atoms with Gasteiger partial charge in [0.1, 0.15) is 32.5 Å². The van der Waals surface area contributed by atoms with E-state index >= 15 is 0 Å². The molecule has 7 heteroatoms. The van der Waals surface area contributed by atoms with E-state index in [4.69, 9.17) is 9.47 Å². The van der Waals surface area contributed by atoms with E-state index in [1.54, 1.807) is 16.9 Å². The molecule has 2 saturated heterocycles. The predicted molar refractivity (Wildman–Crippen MR) is 122 cm³/mol. The maximum absolute atomic E-state index is 13.4. The van der Waals surface area contributed by atoms with Gasteiger partial charge in [0, 0.05) is 0 Å². The quantitative estimate of drug-likeness (QED) is 0.417. The van der Waals surface area contributed by atoms with Crippen molar-refractivity contribution >= 4 is 25.8 Å². The molecular weight excluding hydrogens is 408 g/mol. The van der Waals surface area contributed by atoms with Crippen molar-refractivity contribution in [2.75, 3.05) is 18.6 Å². The number of β-lactam (4-membered cyclic amide) rings is 1. The summed E-state index contributed by atoms with van der Waals surface area (Å²) < 4.78 is 10.8. The Labute approximate surface area is 183 Å².